The molecule has 2 aromatic rings. The van der Waals surface area contributed by atoms with Crippen LogP contribution in [-0.2, 0) is 6.54 Å². The first kappa shape index (κ1) is 18.0. The van der Waals surface area contributed by atoms with E-state index in [1.807, 2.05) is 13.0 Å². The van der Waals surface area contributed by atoms with E-state index in [1.165, 1.54) is 18.4 Å². The van der Waals surface area contributed by atoms with Gasteiger partial charge in [0.25, 0.3) is 0 Å². The summed E-state index contributed by atoms with van der Waals surface area (Å²) < 4.78 is 1.08. The fourth-order valence-corrected chi connectivity index (χ4v) is 3.53. The number of benzene rings is 1. The minimum absolute atomic E-state index is 0.266. The fraction of sp³-hybridized carbons (Fsp3) is 0.450. The van der Waals surface area contributed by atoms with Gasteiger partial charge in [0.1, 0.15) is 0 Å². The molecular weight excluding hydrogens is 334 g/mol. The summed E-state index contributed by atoms with van der Waals surface area (Å²) in [5, 5.41) is 14.2. The first-order valence-electron chi connectivity index (χ1n) is 8.98. The molecule has 0 saturated heterocycles. The van der Waals surface area contributed by atoms with Gasteiger partial charge in [0.05, 0.1) is 12.2 Å². The largest absolute Gasteiger partial charge is 0.427 e. The van der Waals surface area contributed by atoms with Gasteiger partial charge in [-0.05, 0) is 56.2 Å². The van der Waals surface area contributed by atoms with E-state index in [1.54, 1.807) is 12.3 Å². The number of halogens is 1. The van der Waals surface area contributed by atoms with Gasteiger partial charge in [0.2, 0.25) is 0 Å². The van der Waals surface area contributed by atoms with Crippen molar-refractivity contribution in [1.29, 1.82) is 0 Å². The quantitative estimate of drug-likeness (QED) is 0.794. The van der Waals surface area contributed by atoms with E-state index in [0.717, 1.165) is 36.2 Å². The van der Waals surface area contributed by atoms with Crippen LogP contribution >= 0.6 is 11.6 Å². The van der Waals surface area contributed by atoms with Crippen molar-refractivity contribution in [3.63, 3.8) is 0 Å². The highest BCUT2D eigenvalue weighted by Crippen LogP contribution is 2.25. The Morgan fingerprint density at radius 2 is 1.92 bits per heavy atom. The van der Waals surface area contributed by atoms with Crippen LogP contribution in [0.3, 0.4) is 0 Å². The summed E-state index contributed by atoms with van der Waals surface area (Å²) >= 11 is 6.14. The third kappa shape index (κ3) is 5.10. The zero-order valence-corrected chi connectivity index (χ0v) is 15.4. The van der Waals surface area contributed by atoms with Crippen LogP contribution in [0.25, 0.3) is 0 Å². The number of pyridine rings is 1. The first-order chi connectivity index (χ1) is 12.1. The van der Waals surface area contributed by atoms with Crippen LogP contribution < -0.4 is 10.8 Å². The second-order valence-electron chi connectivity index (χ2n) is 6.93. The lowest BCUT2D eigenvalue weighted by molar-refractivity contribution is 0.169. The van der Waals surface area contributed by atoms with Crippen molar-refractivity contribution in [2.24, 2.45) is 10.9 Å². The van der Waals surface area contributed by atoms with E-state index < -0.39 is 0 Å². The molecule has 0 radical (unpaired) electrons. The fourth-order valence-electron chi connectivity index (χ4n) is 3.38. The first-order valence-corrected chi connectivity index (χ1v) is 9.36. The second kappa shape index (κ2) is 8.54. The van der Waals surface area contributed by atoms with Gasteiger partial charge in [-0.2, -0.15) is 4.73 Å². The van der Waals surface area contributed by atoms with Gasteiger partial charge in [-0.3, -0.25) is 4.99 Å². The van der Waals surface area contributed by atoms with Crippen molar-refractivity contribution in [1.82, 2.24) is 10.0 Å². The summed E-state index contributed by atoms with van der Waals surface area (Å²) in [7, 11) is 0. The average molecular weight is 360 g/mol. The number of hydrogen-bond donors (Lipinski definition) is 2. The maximum Gasteiger partial charge on any atom is 0.165 e. The Bertz CT molecular complexity index is 749. The molecule has 1 aromatic carbocycles. The Balaban J connectivity index is 1.49. The molecule has 1 fully saturated rings. The summed E-state index contributed by atoms with van der Waals surface area (Å²) in [5.74, 6) is 0.706. The van der Waals surface area contributed by atoms with E-state index >= 15 is 0 Å². The standard InChI is InChI=1S/C20H26ClN3O/c1-15-14-24(25)20(11-19(15)21)23-18-9-7-17(8-10-18)13-22-12-16-5-3-2-4-6-16/h2-6,11,14,17-18,22,25H,7-10,12-13H2,1H3. The highest BCUT2D eigenvalue weighted by molar-refractivity contribution is 6.31. The van der Waals surface area contributed by atoms with Crippen molar-refractivity contribution in [3.8, 4) is 0 Å². The predicted octanol–water partition coefficient (Wildman–Crippen LogP) is 3.94. The van der Waals surface area contributed by atoms with Gasteiger partial charge >= 0.3 is 0 Å². The summed E-state index contributed by atoms with van der Waals surface area (Å²) in [4.78, 5) is 4.69. The van der Waals surface area contributed by atoms with Crippen LogP contribution in [0.15, 0.2) is 47.6 Å². The van der Waals surface area contributed by atoms with E-state index in [2.05, 4.69) is 34.6 Å². The van der Waals surface area contributed by atoms with E-state index in [9.17, 15) is 5.21 Å². The molecule has 1 aliphatic carbocycles. The van der Waals surface area contributed by atoms with Gasteiger partial charge in [0.15, 0.2) is 5.49 Å². The van der Waals surface area contributed by atoms with Crippen molar-refractivity contribution in [2.45, 2.75) is 45.2 Å². The van der Waals surface area contributed by atoms with Crippen LogP contribution in [0.1, 0.15) is 36.8 Å². The minimum Gasteiger partial charge on any atom is -0.427 e. The van der Waals surface area contributed by atoms with Gasteiger partial charge in [-0.15, -0.1) is 0 Å². The zero-order valence-electron chi connectivity index (χ0n) is 14.7. The third-order valence-electron chi connectivity index (χ3n) is 4.92. The Hall–Kier alpha value is -1.78. The molecule has 1 saturated carbocycles. The molecule has 3 rings (SSSR count). The van der Waals surface area contributed by atoms with Crippen molar-refractivity contribution in [3.05, 3.63) is 64.2 Å². The number of hydrogen-bond acceptors (Lipinski definition) is 3. The Morgan fingerprint density at radius 1 is 1.20 bits per heavy atom. The molecule has 0 unspecified atom stereocenters. The second-order valence-corrected chi connectivity index (χ2v) is 7.33. The highest BCUT2D eigenvalue weighted by Gasteiger charge is 2.20. The molecule has 1 aromatic heterocycles. The Labute approximate surface area is 154 Å². The van der Waals surface area contributed by atoms with Crippen LogP contribution in [0.4, 0.5) is 0 Å². The molecular formula is C20H26ClN3O. The monoisotopic (exact) mass is 359 g/mol. The summed E-state index contributed by atoms with van der Waals surface area (Å²) in [6.45, 7) is 3.85. The molecule has 5 heteroatoms. The Kier molecular flexibility index (Phi) is 6.16. The predicted molar refractivity (Wildman–Crippen MR) is 101 cm³/mol. The van der Waals surface area contributed by atoms with E-state index in [0.29, 0.717) is 16.4 Å². The van der Waals surface area contributed by atoms with Crippen LogP contribution in [-0.4, -0.2) is 22.5 Å². The molecule has 0 amide bonds. The van der Waals surface area contributed by atoms with Crippen LogP contribution in [0, 0.1) is 12.8 Å². The molecule has 25 heavy (non-hydrogen) atoms. The number of aromatic nitrogens is 1. The lowest BCUT2D eigenvalue weighted by Gasteiger charge is -2.26. The molecule has 134 valence electrons. The average Bonchev–Trinajstić information content (AvgIpc) is 2.62. The maximum absolute atomic E-state index is 9.98. The molecule has 0 spiro atoms. The van der Waals surface area contributed by atoms with E-state index in [4.69, 9.17) is 11.6 Å². The van der Waals surface area contributed by atoms with Crippen molar-refractivity contribution < 1.29 is 5.21 Å². The van der Waals surface area contributed by atoms with Gasteiger partial charge < -0.3 is 10.5 Å². The molecule has 0 aliphatic heterocycles. The van der Waals surface area contributed by atoms with Gasteiger partial charge in [-0.25, -0.2) is 0 Å². The van der Waals surface area contributed by atoms with Crippen molar-refractivity contribution >= 4 is 11.6 Å². The third-order valence-corrected chi connectivity index (χ3v) is 5.33. The number of nitrogens with one attached hydrogen (secondary N) is 1. The van der Waals surface area contributed by atoms with Gasteiger partial charge in [0, 0.05) is 17.6 Å². The van der Waals surface area contributed by atoms with Crippen LogP contribution in [0.5, 0.6) is 0 Å². The lowest BCUT2D eigenvalue weighted by atomic mass is 9.86. The molecule has 0 bridgehead atoms. The van der Waals surface area contributed by atoms with Crippen LogP contribution in [0.2, 0.25) is 5.02 Å². The number of aryl methyl sites for hydroxylation is 1. The topological polar surface area (TPSA) is 49.5 Å². The molecule has 1 aliphatic rings. The minimum atomic E-state index is 0.266. The SMILES string of the molecule is Cc1cn(O)c(=NC2CCC(CNCc3ccccc3)CC2)cc1Cl. The molecule has 1 heterocycles. The number of rotatable bonds is 5. The summed E-state index contributed by atoms with van der Waals surface area (Å²) in [6, 6.07) is 12.5. The lowest BCUT2D eigenvalue weighted by Crippen LogP contribution is -2.29. The molecule has 0 atom stereocenters. The number of nitrogens with zero attached hydrogens (tertiary/aromatic N) is 2. The molecule has 4 nitrogen and oxygen atoms in total. The normalized spacial score (nSPS) is 21.4. The zero-order chi connectivity index (χ0) is 17.6. The summed E-state index contributed by atoms with van der Waals surface area (Å²) in [5.41, 5.74) is 2.72. The highest BCUT2D eigenvalue weighted by atomic mass is 35.5. The summed E-state index contributed by atoms with van der Waals surface area (Å²) in [6.07, 6.45) is 6.06. The van der Waals surface area contributed by atoms with Gasteiger partial charge in [-0.1, -0.05) is 41.9 Å². The maximum atomic E-state index is 9.98. The van der Waals surface area contributed by atoms with E-state index in [-0.39, 0.29) is 6.04 Å². The smallest absolute Gasteiger partial charge is 0.165 e. The molecule has 2 N–H and O–H groups in total. The van der Waals surface area contributed by atoms with Crippen molar-refractivity contribution in [2.75, 3.05) is 6.54 Å². The Morgan fingerprint density at radius 3 is 2.64 bits per heavy atom.